The first-order chi connectivity index (χ1) is 4.74. The van der Waals surface area contributed by atoms with Crippen LogP contribution in [0.1, 0.15) is 0 Å². The Morgan fingerprint density at radius 1 is 1.70 bits per heavy atom. The van der Waals surface area contributed by atoms with Crippen LogP contribution < -0.4 is 5.69 Å². The van der Waals surface area contributed by atoms with Crippen LogP contribution in [0.25, 0.3) is 0 Å². The minimum absolute atomic E-state index is 0.210. The van der Waals surface area contributed by atoms with E-state index in [9.17, 15) is 4.79 Å². The quantitative estimate of drug-likeness (QED) is 0.555. The highest BCUT2D eigenvalue weighted by Gasteiger charge is 1.92. The van der Waals surface area contributed by atoms with Crippen LogP contribution in [0.3, 0.4) is 0 Å². The molecule has 10 heavy (non-hydrogen) atoms. The normalized spacial score (nSPS) is 9.80. The Morgan fingerprint density at radius 2 is 2.40 bits per heavy atom. The molecule has 0 amide bonds. The summed E-state index contributed by atoms with van der Waals surface area (Å²) in [5.74, 6) is 0. The van der Waals surface area contributed by atoms with E-state index < -0.39 is 0 Å². The highest BCUT2D eigenvalue weighted by Crippen LogP contribution is 2.08. The van der Waals surface area contributed by atoms with Gasteiger partial charge in [0, 0.05) is 24.3 Å². The summed E-state index contributed by atoms with van der Waals surface area (Å²) in [5.41, 5.74) is -0.210. The molecule has 0 unspecified atom stereocenters. The van der Waals surface area contributed by atoms with Gasteiger partial charge in [0.15, 0.2) is 0 Å². The number of rotatable bonds is 1. The lowest BCUT2D eigenvalue weighted by Gasteiger charge is -1.96. The van der Waals surface area contributed by atoms with Crippen molar-refractivity contribution in [3.8, 4) is 0 Å². The second kappa shape index (κ2) is 2.88. The minimum Gasteiger partial charge on any atom is -0.301 e. The van der Waals surface area contributed by atoms with Crippen LogP contribution in [-0.2, 0) is 7.05 Å². The fourth-order valence-electron chi connectivity index (χ4n) is 0.595. The summed E-state index contributed by atoms with van der Waals surface area (Å²) < 4.78 is 1.46. The van der Waals surface area contributed by atoms with E-state index in [-0.39, 0.29) is 5.69 Å². The van der Waals surface area contributed by atoms with E-state index in [1.807, 2.05) is 6.26 Å². The topological polar surface area (TPSA) is 34.9 Å². The maximum Gasteiger partial charge on any atom is 0.347 e. The molecule has 0 aromatic carbocycles. The lowest BCUT2D eigenvalue weighted by molar-refractivity contribution is 0.787. The van der Waals surface area contributed by atoms with Gasteiger partial charge >= 0.3 is 5.69 Å². The fraction of sp³-hybridized carbons (Fsp3) is 0.333. The molecule has 0 saturated carbocycles. The number of aryl methyl sites for hydroxylation is 1. The monoisotopic (exact) mass is 156 g/mol. The van der Waals surface area contributed by atoms with Crippen LogP contribution in [0.5, 0.6) is 0 Å². The van der Waals surface area contributed by atoms with Crippen LogP contribution in [0.15, 0.2) is 22.1 Å². The lowest BCUT2D eigenvalue weighted by Crippen LogP contribution is -2.18. The highest BCUT2D eigenvalue weighted by molar-refractivity contribution is 7.98. The van der Waals surface area contributed by atoms with Gasteiger partial charge in [-0.15, -0.1) is 11.8 Å². The standard InChI is InChI=1S/C6H8N2OS/c1-8-4-5(10-2)3-7-6(8)9/h3-4H,1-2H3. The van der Waals surface area contributed by atoms with Crippen molar-refractivity contribution in [2.45, 2.75) is 4.90 Å². The van der Waals surface area contributed by atoms with Gasteiger partial charge in [0.2, 0.25) is 0 Å². The van der Waals surface area contributed by atoms with Gasteiger partial charge < -0.3 is 4.57 Å². The molecular weight excluding hydrogens is 148 g/mol. The third-order valence-electron chi connectivity index (χ3n) is 1.16. The molecule has 1 rings (SSSR count). The molecule has 0 radical (unpaired) electrons. The minimum atomic E-state index is -0.210. The smallest absolute Gasteiger partial charge is 0.301 e. The van der Waals surface area contributed by atoms with Gasteiger partial charge in [-0.05, 0) is 6.26 Å². The van der Waals surface area contributed by atoms with Crippen LogP contribution in [-0.4, -0.2) is 15.8 Å². The largest absolute Gasteiger partial charge is 0.347 e. The summed E-state index contributed by atoms with van der Waals surface area (Å²) in [6.45, 7) is 0. The number of nitrogens with zero attached hydrogens (tertiary/aromatic N) is 2. The zero-order valence-electron chi connectivity index (χ0n) is 5.87. The lowest BCUT2D eigenvalue weighted by atomic mass is 10.6. The van der Waals surface area contributed by atoms with Crippen molar-refractivity contribution in [3.05, 3.63) is 22.9 Å². The second-order valence-corrected chi connectivity index (χ2v) is 2.77. The van der Waals surface area contributed by atoms with Gasteiger partial charge in [0.1, 0.15) is 0 Å². The van der Waals surface area contributed by atoms with Crippen molar-refractivity contribution >= 4 is 11.8 Å². The third kappa shape index (κ3) is 1.39. The summed E-state index contributed by atoms with van der Waals surface area (Å²) >= 11 is 1.57. The average molecular weight is 156 g/mol. The molecule has 1 heterocycles. The van der Waals surface area contributed by atoms with Gasteiger partial charge in [-0.25, -0.2) is 9.78 Å². The van der Waals surface area contributed by atoms with Gasteiger partial charge in [-0.2, -0.15) is 0 Å². The molecule has 3 nitrogen and oxygen atoms in total. The summed E-state index contributed by atoms with van der Waals surface area (Å²) in [6.07, 6.45) is 5.29. The van der Waals surface area contributed by atoms with Gasteiger partial charge in [0.25, 0.3) is 0 Å². The van der Waals surface area contributed by atoms with Crippen LogP contribution >= 0.6 is 11.8 Å². The van der Waals surface area contributed by atoms with Crippen molar-refractivity contribution in [1.82, 2.24) is 9.55 Å². The number of aromatic nitrogens is 2. The molecule has 0 spiro atoms. The molecule has 0 bridgehead atoms. The Kier molecular flexibility index (Phi) is 2.11. The van der Waals surface area contributed by atoms with Gasteiger partial charge in [0.05, 0.1) is 0 Å². The molecule has 0 N–H and O–H groups in total. The summed E-state index contributed by atoms with van der Waals surface area (Å²) in [6, 6.07) is 0. The van der Waals surface area contributed by atoms with Crippen LogP contribution in [0, 0.1) is 0 Å². The van der Waals surface area contributed by atoms with E-state index in [1.54, 1.807) is 31.2 Å². The third-order valence-corrected chi connectivity index (χ3v) is 1.84. The van der Waals surface area contributed by atoms with E-state index in [0.29, 0.717) is 0 Å². The fourth-order valence-corrected chi connectivity index (χ4v) is 1.02. The van der Waals surface area contributed by atoms with E-state index in [2.05, 4.69) is 4.98 Å². The molecule has 0 aliphatic heterocycles. The maximum absolute atomic E-state index is 10.7. The first-order valence-corrected chi connectivity index (χ1v) is 4.03. The number of hydrogen-bond donors (Lipinski definition) is 0. The Bertz CT molecular complexity index is 281. The molecule has 0 saturated heterocycles. The Balaban J connectivity index is 3.17. The van der Waals surface area contributed by atoms with E-state index >= 15 is 0 Å². The summed E-state index contributed by atoms with van der Waals surface area (Å²) in [7, 11) is 1.69. The van der Waals surface area contributed by atoms with Crippen molar-refractivity contribution in [2.75, 3.05) is 6.26 Å². The SMILES string of the molecule is CSc1cnc(=O)n(C)c1. The molecule has 1 aromatic heterocycles. The Hall–Kier alpha value is -0.770. The zero-order valence-corrected chi connectivity index (χ0v) is 6.68. The molecular formula is C6H8N2OS. The van der Waals surface area contributed by atoms with Crippen LogP contribution in [0.2, 0.25) is 0 Å². The zero-order chi connectivity index (χ0) is 7.56. The predicted molar refractivity (Wildman–Crippen MR) is 41.3 cm³/mol. The van der Waals surface area contributed by atoms with Gasteiger partial charge in [-0.3, -0.25) is 0 Å². The first kappa shape index (κ1) is 7.34. The van der Waals surface area contributed by atoms with E-state index in [0.717, 1.165) is 4.90 Å². The van der Waals surface area contributed by atoms with E-state index in [4.69, 9.17) is 0 Å². The number of thioether (sulfide) groups is 1. The van der Waals surface area contributed by atoms with Crippen molar-refractivity contribution in [2.24, 2.45) is 7.05 Å². The molecule has 0 aliphatic rings. The second-order valence-electron chi connectivity index (χ2n) is 1.89. The number of hydrogen-bond acceptors (Lipinski definition) is 3. The van der Waals surface area contributed by atoms with Crippen molar-refractivity contribution < 1.29 is 0 Å². The highest BCUT2D eigenvalue weighted by atomic mass is 32.2. The molecule has 4 heteroatoms. The first-order valence-electron chi connectivity index (χ1n) is 2.80. The predicted octanol–water partition coefficient (Wildman–Crippen LogP) is 0.502. The Morgan fingerprint density at radius 3 is 2.90 bits per heavy atom. The molecule has 0 fully saturated rings. The molecule has 1 aromatic rings. The van der Waals surface area contributed by atoms with Crippen LogP contribution in [0.4, 0.5) is 0 Å². The Labute approximate surface area is 63.1 Å². The summed E-state index contributed by atoms with van der Waals surface area (Å²) in [5, 5.41) is 0. The summed E-state index contributed by atoms with van der Waals surface area (Å²) in [4.78, 5) is 15.4. The maximum atomic E-state index is 10.7. The molecule has 54 valence electrons. The van der Waals surface area contributed by atoms with E-state index in [1.165, 1.54) is 4.57 Å². The molecule has 0 atom stereocenters. The van der Waals surface area contributed by atoms with Gasteiger partial charge in [-0.1, -0.05) is 0 Å². The average Bonchev–Trinajstić information content (AvgIpc) is 1.95. The van der Waals surface area contributed by atoms with Crippen molar-refractivity contribution in [1.29, 1.82) is 0 Å². The van der Waals surface area contributed by atoms with Crippen molar-refractivity contribution in [3.63, 3.8) is 0 Å². The molecule has 0 aliphatic carbocycles.